The molecule has 0 aromatic heterocycles. The molecular weight excluding hydrogens is 228 g/mol. The van der Waals surface area contributed by atoms with Crippen molar-refractivity contribution in [1.82, 2.24) is 0 Å². The van der Waals surface area contributed by atoms with Gasteiger partial charge in [-0.25, -0.2) is 0 Å². The number of anilines is 2. The average molecular weight is 250 g/mol. The Labute approximate surface area is 108 Å². The molecule has 0 spiro atoms. The number of hydrogen-bond acceptors (Lipinski definition) is 3. The molecule has 4 nitrogen and oxygen atoms in total. The quantitative estimate of drug-likeness (QED) is 0.730. The van der Waals surface area contributed by atoms with Crippen molar-refractivity contribution in [3.63, 3.8) is 0 Å². The Morgan fingerprint density at radius 1 is 1.44 bits per heavy atom. The van der Waals surface area contributed by atoms with Crippen molar-refractivity contribution in [2.75, 3.05) is 17.2 Å². The normalized spacial score (nSPS) is 12.1. The van der Waals surface area contributed by atoms with Crippen LogP contribution in [0.15, 0.2) is 24.3 Å². The van der Waals surface area contributed by atoms with Gasteiger partial charge in [0.05, 0.1) is 17.8 Å². The second-order valence-electron chi connectivity index (χ2n) is 4.53. The Morgan fingerprint density at radius 3 is 2.67 bits per heavy atom. The molecule has 0 saturated heterocycles. The minimum Gasteiger partial charge on any atom is -0.481 e. The maximum atomic E-state index is 10.7. The molecule has 1 unspecified atom stereocenters. The van der Waals surface area contributed by atoms with Gasteiger partial charge in [-0.1, -0.05) is 25.5 Å². The number of nitrogens with zero attached hydrogens (tertiary/aromatic N) is 1. The van der Waals surface area contributed by atoms with Crippen molar-refractivity contribution in [1.29, 1.82) is 0 Å². The van der Waals surface area contributed by atoms with Crippen LogP contribution in [0.1, 0.15) is 33.1 Å². The van der Waals surface area contributed by atoms with E-state index in [0.29, 0.717) is 18.3 Å². The first-order chi connectivity index (χ1) is 8.56. The lowest BCUT2D eigenvalue weighted by molar-refractivity contribution is -0.136. The third kappa shape index (κ3) is 3.95. The fraction of sp³-hybridized carbons (Fsp3) is 0.500. The molecule has 1 aromatic carbocycles. The van der Waals surface area contributed by atoms with E-state index in [2.05, 4.69) is 18.7 Å². The monoisotopic (exact) mass is 250 g/mol. The van der Waals surface area contributed by atoms with Gasteiger partial charge in [0.15, 0.2) is 0 Å². The van der Waals surface area contributed by atoms with Crippen molar-refractivity contribution >= 4 is 17.3 Å². The van der Waals surface area contributed by atoms with Crippen molar-refractivity contribution in [2.45, 2.75) is 39.2 Å². The van der Waals surface area contributed by atoms with Crippen molar-refractivity contribution in [3.05, 3.63) is 24.3 Å². The summed E-state index contributed by atoms with van der Waals surface area (Å²) in [6.07, 6.45) is 2.22. The molecule has 0 aliphatic rings. The summed E-state index contributed by atoms with van der Waals surface area (Å²) >= 11 is 0. The Hall–Kier alpha value is -1.71. The first kappa shape index (κ1) is 14.4. The van der Waals surface area contributed by atoms with E-state index in [1.807, 2.05) is 24.3 Å². The second-order valence-corrected chi connectivity index (χ2v) is 4.53. The second kappa shape index (κ2) is 6.89. The Kier molecular flexibility index (Phi) is 5.49. The van der Waals surface area contributed by atoms with Gasteiger partial charge in [-0.05, 0) is 25.5 Å². The molecule has 3 N–H and O–H groups in total. The van der Waals surface area contributed by atoms with Crippen molar-refractivity contribution in [3.8, 4) is 0 Å². The summed E-state index contributed by atoms with van der Waals surface area (Å²) in [5.74, 6) is -0.779. The van der Waals surface area contributed by atoms with Crippen molar-refractivity contribution in [2.24, 2.45) is 0 Å². The lowest BCUT2D eigenvalue weighted by Crippen LogP contribution is -2.35. The molecule has 1 rings (SSSR count). The van der Waals surface area contributed by atoms with Crippen LogP contribution in [0.25, 0.3) is 0 Å². The molecule has 1 aromatic rings. The molecule has 1 atom stereocenters. The highest BCUT2D eigenvalue weighted by atomic mass is 16.4. The van der Waals surface area contributed by atoms with E-state index >= 15 is 0 Å². The van der Waals surface area contributed by atoms with Gasteiger partial charge in [-0.3, -0.25) is 4.79 Å². The van der Waals surface area contributed by atoms with E-state index in [4.69, 9.17) is 10.8 Å². The summed E-state index contributed by atoms with van der Waals surface area (Å²) in [6, 6.07) is 7.90. The number of carboxylic acid groups (broad SMARTS) is 1. The maximum Gasteiger partial charge on any atom is 0.305 e. The fourth-order valence-corrected chi connectivity index (χ4v) is 2.12. The molecule has 0 radical (unpaired) electrons. The lowest BCUT2D eigenvalue weighted by Gasteiger charge is -2.31. The standard InChI is InChI=1S/C14H22N2O2/c1-3-6-11(2)16(10-9-14(17)18)13-8-5-4-7-12(13)15/h4-5,7-8,11H,3,6,9-10,15H2,1-2H3,(H,17,18). The summed E-state index contributed by atoms with van der Waals surface area (Å²) in [6.45, 7) is 4.72. The van der Waals surface area contributed by atoms with Gasteiger partial charge in [0, 0.05) is 12.6 Å². The zero-order valence-corrected chi connectivity index (χ0v) is 11.1. The van der Waals surface area contributed by atoms with E-state index in [1.165, 1.54) is 0 Å². The van der Waals surface area contributed by atoms with Gasteiger partial charge in [0.25, 0.3) is 0 Å². The molecule has 0 heterocycles. The third-order valence-corrected chi connectivity index (χ3v) is 3.05. The van der Waals surface area contributed by atoms with Crippen LogP contribution in [0.3, 0.4) is 0 Å². The predicted molar refractivity (Wildman–Crippen MR) is 74.8 cm³/mol. The molecular formula is C14H22N2O2. The summed E-state index contributed by atoms with van der Waals surface area (Å²) in [5, 5.41) is 8.83. The van der Waals surface area contributed by atoms with Gasteiger partial charge in [0.1, 0.15) is 0 Å². The fourth-order valence-electron chi connectivity index (χ4n) is 2.12. The molecule has 0 aliphatic heterocycles. The molecule has 0 aliphatic carbocycles. The number of carboxylic acids is 1. The maximum absolute atomic E-state index is 10.7. The molecule has 4 heteroatoms. The van der Waals surface area contributed by atoms with Crippen LogP contribution in [-0.2, 0) is 4.79 Å². The van der Waals surface area contributed by atoms with Gasteiger partial charge < -0.3 is 15.7 Å². The number of para-hydroxylation sites is 2. The van der Waals surface area contributed by atoms with E-state index < -0.39 is 5.97 Å². The number of benzene rings is 1. The topological polar surface area (TPSA) is 66.6 Å². The van der Waals surface area contributed by atoms with Crippen LogP contribution < -0.4 is 10.6 Å². The molecule has 18 heavy (non-hydrogen) atoms. The molecule has 0 amide bonds. The van der Waals surface area contributed by atoms with Gasteiger partial charge >= 0.3 is 5.97 Å². The molecule has 0 saturated carbocycles. The summed E-state index contributed by atoms with van der Waals surface area (Å²) in [7, 11) is 0. The number of rotatable bonds is 7. The summed E-state index contributed by atoms with van der Waals surface area (Å²) < 4.78 is 0. The summed E-state index contributed by atoms with van der Waals surface area (Å²) in [5.41, 5.74) is 7.60. The van der Waals surface area contributed by atoms with Crippen LogP contribution >= 0.6 is 0 Å². The SMILES string of the molecule is CCCC(C)N(CCC(=O)O)c1ccccc1N. The van der Waals surface area contributed by atoms with E-state index in [0.717, 1.165) is 18.5 Å². The van der Waals surface area contributed by atoms with Crippen LogP contribution in [0.5, 0.6) is 0 Å². The number of hydrogen-bond donors (Lipinski definition) is 2. The van der Waals surface area contributed by atoms with Crippen LogP contribution in [0.4, 0.5) is 11.4 Å². The van der Waals surface area contributed by atoms with E-state index in [-0.39, 0.29) is 6.42 Å². The zero-order chi connectivity index (χ0) is 13.5. The first-order valence-electron chi connectivity index (χ1n) is 6.39. The minimum absolute atomic E-state index is 0.127. The predicted octanol–water partition coefficient (Wildman–Crippen LogP) is 2.74. The van der Waals surface area contributed by atoms with Crippen LogP contribution in [0, 0.1) is 0 Å². The zero-order valence-electron chi connectivity index (χ0n) is 11.1. The molecule has 100 valence electrons. The minimum atomic E-state index is -0.779. The van der Waals surface area contributed by atoms with Gasteiger partial charge in [0.2, 0.25) is 0 Å². The number of nitrogens with two attached hydrogens (primary N) is 1. The molecule has 0 bridgehead atoms. The number of nitrogen functional groups attached to an aromatic ring is 1. The first-order valence-corrected chi connectivity index (χ1v) is 6.39. The average Bonchev–Trinajstić information content (AvgIpc) is 2.31. The van der Waals surface area contributed by atoms with Gasteiger partial charge in [-0.15, -0.1) is 0 Å². The van der Waals surface area contributed by atoms with Crippen LogP contribution in [0.2, 0.25) is 0 Å². The smallest absolute Gasteiger partial charge is 0.305 e. The Balaban J connectivity index is 2.89. The third-order valence-electron chi connectivity index (χ3n) is 3.05. The van der Waals surface area contributed by atoms with Crippen LogP contribution in [-0.4, -0.2) is 23.7 Å². The molecule has 0 fully saturated rings. The largest absolute Gasteiger partial charge is 0.481 e. The van der Waals surface area contributed by atoms with Gasteiger partial charge in [-0.2, -0.15) is 0 Å². The summed E-state index contributed by atoms with van der Waals surface area (Å²) in [4.78, 5) is 12.8. The number of carbonyl (C=O) groups is 1. The van der Waals surface area contributed by atoms with E-state index in [9.17, 15) is 4.79 Å². The highest BCUT2D eigenvalue weighted by Gasteiger charge is 2.16. The highest BCUT2D eigenvalue weighted by molar-refractivity contribution is 5.70. The van der Waals surface area contributed by atoms with Crippen molar-refractivity contribution < 1.29 is 9.90 Å². The number of aliphatic carboxylic acids is 1. The highest BCUT2D eigenvalue weighted by Crippen LogP contribution is 2.26. The lowest BCUT2D eigenvalue weighted by atomic mass is 10.1. The van der Waals surface area contributed by atoms with E-state index in [1.54, 1.807) is 0 Å². The Bertz CT molecular complexity index is 393. The Morgan fingerprint density at radius 2 is 2.11 bits per heavy atom.